The van der Waals surface area contributed by atoms with Crippen molar-refractivity contribution >= 4 is 5.91 Å². The van der Waals surface area contributed by atoms with E-state index in [0.717, 1.165) is 32.7 Å². The Morgan fingerprint density at radius 1 is 1.39 bits per heavy atom. The molecule has 0 radical (unpaired) electrons. The maximum Gasteiger partial charge on any atom is 0.223 e. The molecule has 0 spiro atoms. The van der Waals surface area contributed by atoms with Gasteiger partial charge in [-0.05, 0) is 31.9 Å². The number of nitrogens with zero attached hydrogens (tertiary/aromatic N) is 2. The number of aryl methyl sites for hydroxylation is 1. The van der Waals surface area contributed by atoms with Crippen LogP contribution in [-0.4, -0.2) is 35.0 Å². The van der Waals surface area contributed by atoms with Crippen LogP contribution in [0.25, 0.3) is 0 Å². The predicted octanol–water partition coefficient (Wildman–Crippen LogP) is 1.61. The summed E-state index contributed by atoms with van der Waals surface area (Å²) in [6, 6.07) is 4.19. The van der Waals surface area contributed by atoms with Crippen molar-refractivity contribution < 1.29 is 4.79 Å². The highest BCUT2D eigenvalue weighted by atomic mass is 16.2. The Morgan fingerprint density at radius 3 is 2.89 bits per heavy atom. The molecule has 4 nitrogen and oxygen atoms in total. The molecule has 0 aliphatic carbocycles. The summed E-state index contributed by atoms with van der Waals surface area (Å²) in [6.45, 7) is 6.66. The largest absolute Gasteiger partial charge is 0.351 e. The topological polar surface area (TPSA) is 37.3 Å². The summed E-state index contributed by atoms with van der Waals surface area (Å²) in [4.78, 5) is 13.8. The van der Waals surface area contributed by atoms with Gasteiger partial charge >= 0.3 is 0 Å². The van der Waals surface area contributed by atoms with E-state index in [1.54, 1.807) is 0 Å². The summed E-state index contributed by atoms with van der Waals surface area (Å²) in [5, 5.41) is 3.35. The van der Waals surface area contributed by atoms with Crippen molar-refractivity contribution in [2.45, 2.75) is 39.3 Å². The lowest BCUT2D eigenvalue weighted by molar-refractivity contribution is -0.130. The van der Waals surface area contributed by atoms with Crippen LogP contribution in [0.5, 0.6) is 0 Å². The van der Waals surface area contributed by atoms with Crippen LogP contribution in [0.3, 0.4) is 0 Å². The third-order valence-electron chi connectivity index (χ3n) is 3.54. The van der Waals surface area contributed by atoms with Crippen LogP contribution >= 0.6 is 0 Å². The van der Waals surface area contributed by atoms with Crippen molar-refractivity contribution in [3.05, 3.63) is 24.0 Å². The first-order chi connectivity index (χ1) is 8.81. The van der Waals surface area contributed by atoms with Gasteiger partial charge in [-0.15, -0.1) is 0 Å². The predicted molar refractivity (Wildman–Crippen MR) is 72.2 cm³/mol. The first kappa shape index (κ1) is 13.1. The molecule has 0 aromatic carbocycles. The number of amides is 1. The van der Waals surface area contributed by atoms with Gasteiger partial charge in [0.2, 0.25) is 5.91 Å². The molecule has 0 atom stereocenters. The van der Waals surface area contributed by atoms with Crippen LogP contribution in [0.15, 0.2) is 18.3 Å². The second-order valence-corrected chi connectivity index (χ2v) is 4.80. The van der Waals surface area contributed by atoms with Gasteiger partial charge in [-0.1, -0.05) is 0 Å². The number of nitrogens with one attached hydrogen (secondary N) is 1. The van der Waals surface area contributed by atoms with E-state index in [9.17, 15) is 4.79 Å². The minimum atomic E-state index is 0.297. The molecule has 1 saturated heterocycles. The van der Waals surface area contributed by atoms with Crippen molar-refractivity contribution in [2.24, 2.45) is 0 Å². The molecule has 2 heterocycles. The number of hydrogen-bond donors (Lipinski definition) is 1. The molecule has 1 aromatic rings. The summed E-state index contributed by atoms with van der Waals surface area (Å²) < 4.78 is 2.22. The first-order valence-electron chi connectivity index (χ1n) is 6.93. The second-order valence-electron chi connectivity index (χ2n) is 4.80. The van der Waals surface area contributed by atoms with Gasteiger partial charge < -0.3 is 14.8 Å². The lowest BCUT2D eigenvalue weighted by atomic mass is 10.3. The summed E-state index contributed by atoms with van der Waals surface area (Å²) in [6.07, 6.45) is 5.05. The average Bonchev–Trinajstić information content (AvgIpc) is 3.04. The zero-order chi connectivity index (χ0) is 12.8. The van der Waals surface area contributed by atoms with E-state index < -0.39 is 0 Å². The molecule has 2 rings (SSSR count). The lowest BCUT2D eigenvalue weighted by Crippen LogP contribution is -2.30. The van der Waals surface area contributed by atoms with Gasteiger partial charge in [0.1, 0.15) is 0 Å². The Hall–Kier alpha value is -1.29. The van der Waals surface area contributed by atoms with Crippen LogP contribution in [0.4, 0.5) is 0 Å². The Balaban J connectivity index is 1.65. The fourth-order valence-electron chi connectivity index (χ4n) is 2.45. The third-order valence-corrected chi connectivity index (χ3v) is 3.54. The van der Waals surface area contributed by atoms with Crippen LogP contribution in [0.2, 0.25) is 0 Å². The van der Waals surface area contributed by atoms with Gasteiger partial charge in [0.25, 0.3) is 0 Å². The molecule has 1 N–H and O–H groups in total. The molecule has 1 amide bonds. The van der Waals surface area contributed by atoms with Crippen LogP contribution in [0, 0.1) is 0 Å². The van der Waals surface area contributed by atoms with Crippen molar-refractivity contribution in [1.82, 2.24) is 14.8 Å². The molecule has 1 fully saturated rings. The van der Waals surface area contributed by atoms with E-state index in [4.69, 9.17) is 0 Å². The maximum atomic E-state index is 11.8. The highest BCUT2D eigenvalue weighted by molar-refractivity contribution is 5.76. The second kappa shape index (κ2) is 6.59. The number of rotatable bonds is 6. The molecule has 18 heavy (non-hydrogen) atoms. The van der Waals surface area contributed by atoms with Gasteiger partial charge in [0.05, 0.1) is 0 Å². The summed E-state index contributed by atoms with van der Waals surface area (Å²) in [5.74, 6) is 0.297. The zero-order valence-corrected chi connectivity index (χ0v) is 11.2. The zero-order valence-electron chi connectivity index (χ0n) is 11.2. The molecular formula is C14H23N3O. The van der Waals surface area contributed by atoms with E-state index in [-0.39, 0.29) is 0 Å². The van der Waals surface area contributed by atoms with Gasteiger partial charge in [0, 0.05) is 51.0 Å². The molecule has 1 aliphatic rings. The molecule has 0 saturated carbocycles. The monoisotopic (exact) mass is 249 g/mol. The smallest absolute Gasteiger partial charge is 0.223 e. The van der Waals surface area contributed by atoms with E-state index >= 15 is 0 Å². The maximum absolute atomic E-state index is 11.8. The number of carbonyl (C=O) groups excluding carboxylic acids is 1. The summed E-state index contributed by atoms with van der Waals surface area (Å²) >= 11 is 0. The average molecular weight is 249 g/mol. The quantitative estimate of drug-likeness (QED) is 0.778. The minimum Gasteiger partial charge on any atom is -0.351 e. The highest BCUT2D eigenvalue weighted by Crippen LogP contribution is 2.08. The van der Waals surface area contributed by atoms with E-state index in [2.05, 4.69) is 35.1 Å². The number of aromatic nitrogens is 1. The molecule has 1 aliphatic heterocycles. The Morgan fingerprint density at radius 2 is 2.17 bits per heavy atom. The van der Waals surface area contributed by atoms with Gasteiger partial charge in [0.15, 0.2) is 0 Å². The van der Waals surface area contributed by atoms with Gasteiger partial charge in [-0.3, -0.25) is 4.79 Å². The van der Waals surface area contributed by atoms with E-state index in [1.807, 2.05) is 4.90 Å². The molecule has 1 aromatic heterocycles. The third kappa shape index (κ3) is 3.35. The fraction of sp³-hybridized carbons (Fsp3) is 0.643. The minimum absolute atomic E-state index is 0.297. The summed E-state index contributed by atoms with van der Waals surface area (Å²) in [5.41, 5.74) is 1.28. The Labute approximate surface area is 109 Å². The number of hydrogen-bond acceptors (Lipinski definition) is 2. The van der Waals surface area contributed by atoms with Crippen LogP contribution in [-0.2, 0) is 17.9 Å². The molecule has 0 unspecified atom stereocenters. The molecular weight excluding hydrogens is 226 g/mol. The lowest BCUT2D eigenvalue weighted by Gasteiger charge is -2.15. The van der Waals surface area contributed by atoms with Crippen molar-refractivity contribution in [3.63, 3.8) is 0 Å². The Bertz CT molecular complexity index is 380. The normalized spacial score (nSPS) is 15.3. The first-order valence-corrected chi connectivity index (χ1v) is 6.93. The van der Waals surface area contributed by atoms with Gasteiger partial charge in [-0.25, -0.2) is 0 Å². The van der Waals surface area contributed by atoms with Crippen molar-refractivity contribution in [1.29, 1.82) is 0 Å². The standard InChI is InChI=1S/C14H23N3O/c1-2-16-11-5-6-13(16)12-15-8-7-14(18)17-9-3-4-10-17/h5-6,11,15H,2-4,7-10,12H2,1H3. The SMILES string of the molecule is CCn1cccc1CNCCC(=O)N1CCCC1. The van der Waals surface area contributed by atoms with Crippen LogP contribution in [0.1, 0.15) is 31.9 Å². The molecule has 0 bridgehead atoms. The van der Waals surface area contributed by atoms with E-state index in [1.165, 1.54) is 18.5 Å². The van der Waals surface area contributed by atoms with Crippen LogP contribution < -0.4 is 5.32 Å². The summed E-state index contributed by atoms with van der Waals surface area (Å²) in [7, 11) is 0. The van der Waals surface area contributed by atoms with E-state index in [0.29, 0.717) is 12.3 Å². The van der Waals surface area contributed by atoms with Crippen molar-refractivity contribution in [3.8, 4) is 0 Å². The van der Waals surface area contributed by atoms with Crippen molar-refractivity contribution in [2.75, 3.05) is 19.6 Å². The molecule has 4 heteroatoms. The number of likely N-dealkylation sites (tertiary alicyclic amines) is 1. The highest BCUT2D eigenvalue weighted by Gasteiger charge is 2.16. The number of carbonyl (C=O) groups is 1. The Kier molecular flexibility index (Phi) is 4.81. The fourth-order valence-corrected chi connectivity index (χ4v) is 2.45. The molecule has 100 valence electrons. The van der Waals surface area contributed by atoms with Gasteiger partial charge in [-0.2, -0.15) is 0 Å².